The maximum absolute atomic E-state index is 12.6. The minimum Gasteiger partial charge on any atom is -0.258 e. The molecule has 0 fully saturated rings. The molecule has 0 saturated carbocycles. The van der Waals surface area contributed by atoms with Crippen molar-refractivity contribution in [3.05, 3.63) is 63.2 Å². The molecule has 0 bridgehead atoms. The van der Waals surface area contributed by atoms with E-state index in [4.69, 9.17) is 11.6 Å². The van der Waals surface area contributed by atoms with E-state index >= 15 is 0 Å². The van der Waals surface area contributed by atoms with Crippen molar-refractivity contribution >= 4 is 37.3 Å². The van der Waals surface area contributed by atoms with Crippen molar-refractivity contribution in [1.82, 2.24) is 3.71 Å². The molecule has 0 atom stereocenters. The van der Waals surface area contributed by atoms with Gasteiger partial charge in [0, 0.05) is 13.1 Å². The van der Waals surface area contributed by atoms with Gasteiger partial charge in [0.25, 0.3) is 25.7 Å². The molecule has 28 heavy (non-hydrogen) atoms. The van der Waals surface area contributed by atoms with Gasteiger partial charge in [-0.3, -0.25) is 10.1 Å². The zero-order valence-corrected chi connectivity index (χ0v) is 16.1. The van der Waals surface area contributed by atoms with Gasteiger partial charge in [-0.05, 0) is 36.4 Å². The van der Waals surface area contributed by atoms with Crippen LogP contribution in [-0.4, -0.2) is 32.5 Å². The molecule has 0 aromatic heterocycles. The predicted octanol–water partition coefficient (Wildman–Crippen LogP) is 3.28. The molecular weight excluding hydrogens is 449 g/mol. The quantitative estimate of drug-likeness (QED) is 0.501. The first-order valence-corrected chi connectivity index (χ1v) is 10.3. The lowest BCUT2D eigenvalue weighted by atomic mass is 10.2. The fourth-order valence-corrected chi connectivity index (χ4v) is 5.35. The highest BCUT2D eigenvalue weighted by molar-refractivity contribution is 8.04. The van der Waals surface area contributed by atoms with Gasteiger partial charge in [0.05, 0.1) is 20.3 Å². The summed E-state index contributed by atoms with van der Waals surface area (Å²) in [4.78, 5) is 8.50. The number of alkyl halides is 3. The molecule has 0 heterocycles. The number of nitrogens with zero attached hydrogens (tertiary/aromatic N) is 2. The Balaban J connectivity index is 2.49. The molecule has 2 rings (SSSR count). The first kappa shape index (κ1) is 22.1. The van der Waals surface area contributed by atoms with Crippen molar-refractivity contribution in [3.8, 4) is 0 Å². The van der Waals surface area contributed by atoms with Gasteiger partial charge in [0.15, 0.2) is 0 Å². The van der Waals surface area contributed by atoms with E-state index in [0.717, 1.165) is 12.1 Å². The minimum absolute atomic E-state index is 0.0877. The minimum atomic E-state index is -4.80. The van der Waals surface area contributed by atoms with Gasteiger partial charge in [-0.1, -0.05) is 15.3 Å². The molecule has 152 valence electrons. The van der Waals surface area contributed by atoms with Crippen molar-refractivity contribution in [1.29, 1.82) is 0 Å². The van der Waals surface area contributed by atoms with Crippen LogP contribution in [0.15, 0.2) is 52.3 Å². The summed E-state index contributed by atoms with van der Waals surface area (Å²) in [5.74, 6) is 0. The maximum atomic E-state index is 12.6. The smallest absolute Gasteiger partial charge is 0.258 e. The van der Waals surface area contributed by atoms with Crippen LogP contribution in [0.5, 0.6) is 0 Å². The summed E-state index contributed by atoms with van der Waals surface area (Å²) in [5, 5.41) is 10.5. The van der Waals surface area contributed by atoms with Crippen LogP contribution in [-0.2, 0) is 26.2 Å². The summed E-state index contributed by atoms with van der Waals surface area (Å²) >= 11 is 5.60. The number of benzene rings is 2. The fourth-order valence-electron chi connectivity index (χ4n) is 2.03. The van der Waals surface area contributed by atoms with E-state index in [1.807, 2.05) is 0 Å². The zero-order chi connectivity index (χ0) is 21.5. The maximum Gasteiger partial charge on any atom is 0.416 e. The van der Waals surface area contributed by atoms with Gasteiger partial charge in [0.2, 0.25) is 0 Å². The Bertz CT molecular complexity index is 1130. The van der Waals surface area contributed by atoms with E-state index in [9.17, 15) is 40.1 Å². The molecule has 0 N–H and O–H groups in total. The molecule has 0 spiro atoms. The first-order chi connectivity index (χ1) is 12.7. The fraction of sp³-hybridized carbons (Fsp3) is 0.143. The molecule has 8 nitrogen and oxygen atoms in total. The third-order valence-corrected chi connectivity index (χ3v) is 8.14. The number of nitro groups is 1. The highest BCUT2D eigenvalue weighted by Crippen LogP contribution is 2.32. The predicted molar refractivity (Wildman–Crippen MR) is 91.7 cm³/mol. The lowest BCUT2D eigenvalue weighted by molar-refractivity contribution is -0.384. The second-order valence-corrected chi connectivity index (χ2v) is 9.86. The average molecular weight is 459 g/mol. The van der Waals surface area contributed by atoms with Crippen LogP contribution in [0.3, 0.4) is 0 Å². The Morgan fingerprint density at radius 1 is 0.964 bits per heavy atom. The molecule has 0 aliphatic heterocycles. The molecule has 0 radical (unpaired) electrons. The van der Waals surface area contributed by atoms with Crippen LogP contribution in [0.2, 0.25) is 5.02 Å². The normalized spacial score (nSPS) is 12.9. The highest BCUT2D eigenvalue weighted by atomic mass is 35.5. The standard InChI is InChI=1S/C14H10ClF3N2O6S2/c1-19(27(23,24)10-4-2-9(3-5-10)14(16,17)18)28(25,26)11-6-7-12(15)13(8-11)20(21)22/h2-8H,1H3. The van der Waals surface area contributed by atoms with Gasteiger partial charge >= 0.3 is 6.18 Å². The van der Waals surface area contributed by atoms with Gasteiger partial charge < -0.3 is 0 Å². The van der Waals surface area contributed by atoms with Crippen LogP contribution >= 0.6 is 11.6 Å². The number of nitro benzene ring substituents is 1. The van der Waals surface area contributed by atoms with E-state index in [1.165, 1.54) is 0 Å². The number of rotatable bonds is 5. The summed E-state index contributed by atoms with van der Waals surface area (Å²) in [6.07, 6.45) is -4.71. The summed E-state index contributed by atoms with van der Waals surface area (Å²) in [6, 6.07) is 4.54. The van der Waals surface area contributed by atoms with Crippen LogP contribution in [0.4, 0.5) is 18.9 Å². The number of hydrogen-bond acceptors (Lipinski definition) is 6. The van der Waals surface area contributed by atoms with E-state index < -0.39 is 52.2 Å². The lowest BCUT2D eigenvalue weighted by Gasteiger charge is -2.18. The summed E-state index contributed by atoms with van der Waals surface area (Å²) in [7, 11) is -8.92. The van der Waals surface area contributed by atoms with Crippen molar-refractivity contribution < 1.29 is 34.9 Å². The van der Waals surface area contributed by atoms with E-state index in [1.54, 1.807) is 0 Å². The van der Waals surface area contributed by atoms with Crippen molar-refractivity contribution in [3.63, 3.8) is 0 Å². The van der Waals surface area contributed by atoms with Gasteiger partial charge in [0.1, 0.15) is 5.02 Å². The number of halogens is 4. The van der Waals surface area contributed by atoms with E-state index in [2.05, 4.69) is 0 Å². The van der Waals surface area contributed by atoms with Crippen molar-refractivity contribution in [2.45, 2.75) is 16.0 Å². The molecule has 2 aromatic carbocycles. The van der Waals surface area contributed by atoms with E-state index in [-0.39, 0.29) is 8.73 Å². The highest BCUT2D eigenvalue weighted by Gasteiger charge is 2.35. The molecule has 0 aliphatic carbocycles. The molecule has 0 aliphatic rings. The van der Waals surface area contributed by atoms with Crippen molar-refractivity contribution in [2.75, 3.05) is 7.05 Å². The second kappa shape index (κ2) is 7.31. The molecule has 0 saturated heterocycles. The number of hydrogen-bond donors (Lipinski definition) is 0. The average Bonchev–Trinajstić information content (AvgIpc) is 2.60. The molecular formula is C14H10ClF3N2O6S2. The lowest BCUT2D eigenvalue weighted by Crippen LogP contribution is -2.33. The Hall–Kier alpha value is -2.22. The molecule has 2 aromatic rings. The Morgan fingerprint density at radius 2 is 1.43 bits per heavy atom. The number of sulfonamides is 2. The van der Waals surface area contributed by atoms with Crippen LogP contribution in [0.1, 0.15) is 5.56 Å². The summed E-state index contributed by atoms with van der Waals surface area (Å²) < 4.78 is 87.9. The van der Waals surface area contributed by atoms with Crippen LogP contribution < -0.4 is 0 Å². The molecule has 14 heteroatoms. The third-order valence-electron chi connectivity index (χ3n) is 3.57. The first-order valence-electron chi connectivity index (χ1n) is 7.04. The van der Waals surface area contributed by atoms with E-state index in [0.29, 0.717) is 37.4 Å². The summed E-state index contributed by atoms with van der Waals surface area (Å²) in [5.41, 5.74) is -1.88. The van der Waals surface area contributed by atoms with Gasteiger partial charge in [-0.2, -0.15) is 13.2 Å². The topological polar surface area (TPSA) is 115 Å². The monoisotopic (exact) mass is 458 g/mol. The zero-order valence-electron chi connectivity index (χ0n) is 13.7. The second-order valence-electron chi connectivity index (χ2n) is 5.28. The Morgan fingerprint density at radius 3 is 1.89 bits per heavy atom. The summed E-state index contributed by atoms with van der Waals surface area (Å²) in [6.45, 7) is 0. The molecule has 0 unspecified atom stereocenters. The largest absolute Gasteiger partial charge is 0.416 e. The Kier molecular flexibility index (Phi) is 5.76. The Labute approximate surface area is 162 Å². The third kappa shape index (κ3) is 4.11. The van der Waals surface area contributed by atoms with Gasteiger partial charge in [-0.25, -0.2) is 16.8 Å². The SMILES string of the molecule is CN(S(=O)(=O)c1ccc(C(F)(F)F)cc1)S(=O)(=O)c1ccc(Cl)c([N+](=O)[O-])c1. The van der Waals surface area contributed by atoms with Crippen LogP contribution in [0.25, 0.3) is 0 Å². The van der Waals surface area contributed by atoms with Crippen LogP contribution in [0, 0.1) is 10.1 Å². The van der Waals surface area contributed by atoms with Gasteiger partial charge in [-0.15, -0.1) is 0 Å². The molecule has 0 amide bonds. The van der Waals surface area contributed by atoms with Crippen molar-refractivity contribution in [2.24, 2.45) is 0 Å².